The van der Waals surface area contributed by atoms with Gasteiger partial charge in [-0.25, -0.2) is 0 Å². The van der Waals surface area contributed by atoms with Gasteiger partial charge < -0.3 is 58.6 Å². The van der Waals surface area contributed by atoms with Crippen LogP contribution in [0.5, 0.6) is 34.5 Å². The normalized spacial score (nSPS) is 19.6. The van der Waals surface area contributed by atoms with Gasteiger partial charge in [-0.3, -0.25) is 0 Å². The average molecular weight is 750 g/mol. The van der Waals surface area contributed by atoms with Gasteiger partial charge in [-0.2, -0.15) is 0 Å². The summed E-state index contributed by atoms with van der Waals surface area (Å²) in [6.45, 7) is 5.31. The number of benzene rings is 3. The first-order valence-electron chi connectivity index (χ1n) is 19.2. The molecule has 0 fully saturated rings. The van der Waals surface area contributed by atoms with Crippen LogP contribution in [0.2, 0.25) is 0 Å². The molecule has 0 saturated carbocycles. The van der Waals surface area contributed by atoms with Gasteiger partial charge in [-0.1, -0.05) is 0 Å². The summed E-state index contributed by atoms with van der Waals surface area (Å²) in [7, 11) is 10.1. The molecule has 0 aromatic heterocycles. The Morgan fingerprint density at radius 2 is 0.778 bits per heavy atom. The molecule has 3 heterocycles. The van der Waals surface area contributed by atoms with E-state index in [4.69, 9.17) is 42.6 Å². The molecule has 0 spiro atoms. The van der Waals surface area contributed by atoms with E-state index in [1.165, 1.54) is 33.4 Å². The Bertz CT molecular complexity index is 1590. The highest BCUT2D eigenvalue weighted by Crippen LogP contribution is 2.38. The van der Waals surface area contributed by atoms with Gasteiger partial charge in [0.15, 0.2) is 34.5 Å². The fourth-order valence-corrected chi connectivity index (χ4v) is 8.01. The molecule has 0 aliphatic carbocycles. The van der Waals surface area contributed by atoms with Crippen LogP contribution >= 0.6 is 0 Å². The van der Waals surface area contributed by atoms with Gasteiger partial charge in [0.05, 0.1) is 55.9 Å². The Kier molecular flexibility index (Phi) is 14.6. The zero-order valence-electron chi connectivity index (χ0n) is 32.8. The second-order valence-corrected chi connectivity index (χ2v) is 14.0. The zero-order chi connectivity index (χ0) is 37.9. The van der Waals surface area contributed by atoms with E-state index in [2.05, 4.69) is 52.3 Å². The van der Waals surface area contributed by atoms with Crippen LogP contribution in [0.1, 0.15) is 70.8 Å². The molecule has 0 amide bonds. The van der Waals surface area contributed by atoms with Crippen molar-refractivity contribution in [1.29, 1.82) is 0 Å². The van der Waals surface area contributed by atoms with Crippen molar-refractivity contribution in [3.8, 4) is 34.5 Å². The SMILES string of the molecule is COc1cc2c(cc1OC)C(CCOCC(COCCC1NCCc3cc(OC)c(OC)cc31)OCCC1NCCc3cc(OC)c(OC)cc31)NCC2. The third kappa shape index (κ3) is 9.53. The molecular formula is C42H59N3O9. The molecule has 0 saturated heterocycles. The van der Waals surface area contributed by atoms with Gasteiger partial charge in [-0.05, 0) is 128 Å². The molecule has 3 unspecified atom stereocenters. The number of nitrogens with one attached hydrogen (secondary N) is 3. The quantitative estimate of drug-likeness (QED) is 0.130. The molecule has 3 aromatic carbocycles. The van der Waals surface area contributed by atoms with E-state index in [-0.39, 0.29) is 24.2 Å². The summed E-state index contributed by atoms with van der Waals surface area (Å²) in [5.74, 6) is 4.53. The lowest BCUT2D eigenvalue weighted by Gasteiger charge is -2.29. The van der Waals surface area contributed by atoms with Gasteiger partial charge in [0.1, 0.15) is 6.10 Å². The molecule has 12 heteroatoms. The van der Waals surface area contributed by atoms with Gasteiger partial charge in [0.25, 0.3) is 0 Å². The van der Waals surface area contributed by atoms with Crippen molar-refractivity contribution in [3.05, 3.63) is 69.8 Å². The molecule has 0 radical (unpaired) electrons. The molecule has 296 valence electrons. The number of ether oxygens (including phenoxy) is 9. The smallest absolute Gasteiger partial charge is 0.161 e. The van der Waals surface area contributed by atoms with Crippen molar-refractivity contribution in [2.24, 2.45) is 0 Å². The summed E-state index contributed by atoms with van der Waals surface area (Å²) in [6, 6.07) is 13.1. The summed E-state index contributed by atoms with van der Waals surface area (Å²) < 4.78 is 52.7. The number of fused-ring (bicyclic) bond motifs is 3. The minimum absolute atomic E-state index is 0.150. The molecule has 0 bridgehead atoms. The van der Waals surface area contributed by atoms with E-state index < -0.39 is 0 Å². The van der Waals surface area contributed by atoms with Crippen LogP contribution in [0, 0.1) is 0 Å². The van der Waals surface area contributed by atoms with Crippen LogP contribution in [-0.4, -0.2) is 101 Å². The number of methoxy groups -OCH3 is 6. The summed E-state index contributed by atoms with van der Waals surface area (Å²) in [5, 5.41) is 11.0. The van der Waals surface area contributed by atoms with Crippen LogP contribution in [0.4, 0.5) is 0 Å². The summed E-state index contributed by atoms with van der Waals surface area (Å²) >= 11 is 0. The molecule has 6 rings (SSSR count). The number of hydrogen-bond donors (Lipinski definition) is 3. The lowest BCUT2D eigenvalue weighted by molar-refractivity contribution is -0.0638. The Balaban J connectivity index is 1.06. The predicted molar refractivity (Wildman–Crippen MR) is 207 cm³/mol. The Labute approximate surface area is 320 Å². The van der Waals surface area contributed by atoms with Crippen LogP contribution in [0.25, 0.3) is 0 Å². The molecule has 3 atom stereocenters. The molecule has 3 N–H and O–H groups in total. The Hall–Kier alpha value is -3.78. The monoisotopic (exact) mass is 749 g/mol. The van der Waals surface area contributed by atoms with Gasteiger partial charge in [0.2, 0.25) is 0 Å². The second-order valence-electron chi connectivity index (χ2n) is 14.0. The van der Waals surface area contributed by atoms with E-state index in [9.17, 15) is 0 Å². The second kappa shape index (κ2) is 19.7. The lowest BCUT2D eigenvalue weighted by atomic mass is 9.92. The summed E-state index contributed by atoms with van der Waals surface area (Å²) in [4.78, 5) is 0. The van der Waals surface area contributed by atoms with Crippen LogP contribution < -0.4 is 44.4 Å². The van der Waals surface area contributed by atoms with Crippen molar-refractivity contribution in [1.82, 2.24) is 16.0 Å². The largest absolute Gasteiger partial charge is 0.493 e. The number of hydrogen-bond acceptors (Lipinski definition) is 12. The standard InChI is InChI=1S/C42H59N3O9/c1-46-37-19-27-7-13-43-34(31(27)22-40(37)49-4)10-16-52-25-30(54-18-12-36-33-24-42(51-6)39(48-3)21-29(33)9-15-45-36)26-53-17-11-35-32-23-41(50-5)38(47-2)20-28(32)8-14-44-35/h19-24,30,34-36,43-45H,7-18,25-26H2,1-6H3. The third-order valence-electron chi connectivity index (χ3n) is 10.9. The molecule has 54 heavy (non-hydrogen) atoms. The highest BCUT2D eigenvalue weighted by atomic mass is 16.6. The highest BCUT2D eigenvalue weighted by Gasteiger charge is 2.26. The Morgan fingerprint density at radius 3 is 1.11 bits per heavy atom. The van der Waals surface area contributed by atoms with E-state index in [1.54, 1.807) is 42.7 Å². The van der Waals surface area contributed by atoms with E-state index in [0.717, 1.165) is 92.7 Å². The van der Waals surface area contributed by atoms with Gasteiger partial charge in [-0.15, -0.1) is 0 Å². The maximum Gasteiger partial charge on any atom is 0.161 e. The van der Waals surface area contributed by atoms with Crippen molar-refractivity contribution < 1.29 is 42.6 Å². The van der Waals surface area contributed by atoms with E-state index in [0.29, 0.717) is 33.0 Å². The van der Waals surface area contributed by atoms with Gasteiger partial charge >= 0.3 is 0 Å². The average Bonchev–Trinajstić information content (AvgIpc) is 3.21. The van der Waals surface area contributed by atoms with E-state index >= 15 is 0 Å². The summed E-state index contributed by atoms with van der Waals surface area (Å²) in [6.07, 6.45) is 5.08. The fraction of sp³-hybridized carbons (Fsp3) is 0.571. The molecule has 3 aliphatic rings. The first kappa shape index (κ1) is 39.9. The zero-order valence-corrected chi connectivity index (χ0v) is 32.8. The highest BCUT2D eigenvalue weighted by molar-refractivity contribution is 5.51. The molecule has 3 aromatic rings. The van der Waals surface area contributed by atoms with Crippen molar-refractivity contribution in [2.75, 3.05) is 95.3 Å². The fourth-order valence-electron chi connectivity index (χ4n) is 8.01. The minimum Gasteiger partial charge on any atom is -0.493 e. The molecular weight excluding hydrogens is 690 g/mol. The lowest BCUT2D eigenvalue weighted by Crippen LogP contribution is -2.33. The number of rotatable bonds is 20. The maximum absolute atomic E-state index is 6.53. The van der Waals surface area contributed by atoms with Crippen LogP contribution in [0.3, 0.4) is 0 Å². The molecule has 3 aliphatic heterocycles. The predicted octanol–water partition coefficient (Wildman–Crippen LogP) is 5.29. The first-order chi connectivity index (χ1) is 26.5. The first-order valence-corrected chi connectivity index (χ1v) is 19.2. The van der Waals surface area contributed by atoms with Crippen LogP contribution in [0.15, 0.2) is 36.4 Å². The van der Waals surface area contributed by atoms with Gasteiger partial charge in [0, 0.05) is 37.9 Å². The Morgan fingerprint density at radius 1 is 0.463 bits per heavy atom. The van der Waals surface area contributed by atoms with Crippen molar-refractivity contribution in [3.63, 3.8) is 0 Å². The van der Waals surface area contributed by atoms with Crippen molar-refractivity contribution in [2.45, 2.75) is 62.8 Å². The van der Waals surface area contributed by atoms with E-state index in [1.807, 2.05) is 0 Å². The molecule has 12 nitrogen and oxygen atoms in total. The third-order valence-corrected chi connectivity index (χ3v) is 10.9. The van der Waals surface area contributed by atoms with Crippen molar-refractivity contribution >= 4 is 0 Å². The minimum atomic E-state index is -0.217. The topological polar surface area (TPSA) is 119 Å². The maximum atomic E-state index is 6.53. The summed E-state index contributed by atoms with van der Waals surface area (Å²) in [5.41, 5.74) is 7.56. The van der Waals surface area contributed by atoms with Crippen LogP contribution in [-0.2, 0) is 33.5 Å².